The van der Waals surface area contributed by atoms with E-state index in [4.69, 9.17) is 9.47 Å². The van der Waals surface area contributed by atoms with Crippen molar-refractivity contribution in [1.29, 1.82) is 0 Å². The second kappa shape index (κ2) is 83.4. The van der Waals surface area contributed by atoms with Gasteiger partial charge in [-0.3, -0.25) is 24.5 Å². The Bertz CT molecular complexity index is 4260. The lowest BCUT2D eigenvalue weighted by molar-refractivity contribution is 0.0360. The molecule has 0 saturated carbocycles. The summed E-state index contributed by atoms with van der Waals surface area (Å²) in [5, 5.41) is 0. The van der Waals surface area contributed by atoms with Gasteiger partial charge in [-0.25, -0.2) is 0 Å². The number of morpholine rings is 2. The van der Waals surface area contributed by atoms with Crippen molar-refractivity contribution in [2.45, 2.75) is 157 Å². The zero-order valence-electron chi connectivity index (χ0n) is 89.2. The molecule has 20 heteroatoms. The minimum absolute atomic E-state index is 0.895. The summed E-state index contributed by atoms with van der Waals surface area (Å²) in [6.07, 6.45) is 20.9. The van der Waals surface area contributed by atoms with Gasteiger partial charge in [0.2, 0.25) is 0 Å². The summed E-state index contributed by atoms with van der Waals surface area (Å²) in [5.74, 6) is 14.3. The third-order valence-electron chi connectivity index (χ3n) is 25.9. The largest absolute Gasteiger partial charge is 0.379 e. The number of hydrogen-bond donors (Lipinski definition) is 0. The molecule has 13 rings (SSSR count). The molecule has 4 fully saturated rings. The Hall–Kier alpha value is -5.48. The van der Waals surface area contributed by atoms with Crippen LogP contribution in [0.1, 0.15) is 153 Å². The first-order valence-electron chi connectivity index (χ1n) is 54.3. The van der Waals surface area contributed by atoms with Crippen molar-refractivity contribution < 1.29 is 9.47 Å². The number of ether oxygens (including phenoxy) is 2. The van der Waals surface area contributed by atoms with Crippen molar-refractivity contribution in [3.63, 3.8) is 0 Å². The van der Waals surface area contributed by atoms with Crippen LogP contribution >= 0.6 is 70.6 Å². The smallest absolute Gasteiger partial charge is 0.0594 e. The molecular formula is C122H188N12O2S6. The second-order valence-corrected chi connectivity index (χ2v) is 45.9. The van der Waals surface area contributed by atoms with E-state index < -0.39 is 0 Å². The van der Waals surface area contributed by atoms with Crippen molar-refractivity contribution in [2.24, 2.45) is 0 Å². The van der Waals surface area contributed by atoms with Crippen molar-refractivity contribution in [1.82, 2.24) is 58.8 Å². The van der Waals surface area contributed by atoms with E-state index in [9.17, 15) is 0 Å². The van der Waals surface area contributed by atoms with Crippen molar-refractivity contribution in [3.8, 4) is 0 Å². The highest BCUT2D eigenvalue weighted by Crippen LogP contribution is 2.22. The molecule has 0 N–H and O–H groups in total. The summed E-state index contributed by atoms with van der Waals surface area (Å²) in [7, 11) is 15.3. The van der Waals surface area contributed by atoms with Gasteiger partial charge >= 0.3 is 0 Å². The average Bonchev–Trinajstić information content (AvgIpc) is 1.15. The van der Waals surface area contributed by atoms with Crippen LogP contribution in [0.15, 0.2) is 273 Å². The maximum Gasteiger partial charge on any atom is 0.0594 e. The van der Waals surface area contributed by atoms with Crippen LogP contribution in [-0.2, 0) is 63.6 Å². The van der Waals surface area contributed by atoms with Crippen LogP contribution in [0.2, 0.25) is 0 Å². The van der Waals surface area contributed by atoms with E-state index >= 15 is 0 Å². The maximum absolute atomic E-state index is 5.46. The lowest BCUT2D eigenvalue weighted by Crippen LogP contribution is -2.38. The third kappa shape index (κ3) is 64.7. The summed E-state index contributed by atoms with van der Waals surface area (Å²) in [4.78, 5) is 30.2. The Balaban J connectivity index is 0.000000210. The molecule has 0 radical (unpaired) electrons. The van der Waals surface area contributed by atoms with Crippen molar-refractivity contribution in [2.75, 3.05) is 280 Å². The molecular weight excluding hydrogens is 1860 g/mol. The average molecular weight is 2050 g/mol. The van der Waals surface area contributed by atoms with E-state index in [1.165, 1.54) is 325 Å². The van der Waals surface area contributed by atoms with E-state index in [0.717, 1.165) is 113 Å². The predicted molar refractivity (Wildman–Crippen MR) is 632 cm³/mol. The Morgan fingerprint density at radius 1 is 0.197 bits per heavy atom. The molecule has 4 aliphatic heterocycles. The molecule has 142 heavy (non-hydrogen) atoms. The summed E-state index contributed by atoms with van der Waals surface area (Å²) < 4.78 is 10.8. The monoisotopic (exact) mass is 2050 g/mol. The quantitative estimate of drug-likeness (QED) is 0.0340. The van der Waals surface area contributed by atoms with E-state index in [1.807, 2.05) is 35.3 Å². The summed E-state index contributed by atoms with van der Waals surface area (Å²) in [6, 6.07) is 97.4. The van der Waals surface area contributed by atoms with Gasteiger partial charge < -0.3 is 43.8 Å². The number of rotatable bonds is 66. The first kappa shape index (κ1) is 122. The van der Waals surface area contributed by atoms with Gasteiger partial charge in [0.05, 0.1) is 26.4 Å². The summed E-state index contributed by atoms with van der Waals surface area (Å²) in [5.41, 5.74) is 12.9. The molecule has 0 aliphatic carbocycles. The van der Waals surface area contributed by atoms with Crippen LogP contribution in [0.5, 0.6) is 0 Å². The predicted octanol–water partition coefficient (Wildman–Crippen LogP) is 24.5. The Morgan fingerprint density at radius 3 is 0.606 bits per heavy atom. The molecule has 0 atom stereocenters. The second-order valence-electron chi connectivity index (χ2n) is 39.3. The fourth-order valence-electron chi connectivity index (χ4n) is 17.8. The molecule has 14 nitrogen and oxygen atoms in total. The maximum atomic E-state index is 5.46. The first-order valence-corrected chi connectivity index (χ1v) is 61.2. The highest BCUT2D eigenvalue weighted by Gasteiger charge is 2.18. The Kier molecular flexibility index (Phi) is 71.5. The van der Waals surface area contributed by atoms with Crippen LogP contribution in [0.3, 0.4) is 0 Å². The van der Waals surface area contributed by atoms with Gasteiger partial charge in [0.1, 0.15) is 0 Å². The molecule has 0 spiro atoms. The molecule has 9 aromatic carbocycles. The molecule has 0 aromatic heterocycles. The van der Waals surface area contributed by atoms with Gasteiger partial charge in [0.15, 0.2) is 0 Å². The van der Waals surface area contributed by atoms with Gasteiger partial charge in [-0.05, 0) is 381 Å². The lowest BCUT2D eigenvalue weighted by atomic mass is 10.2. The molecule has 784 valence electrons. The van der Waals surface area contributed by atoms with E-state index in [1.54, 1.807) is 0 Å². The molecule has 4 saturated heterocycles. The molecule has 0 unspecified atom stereocenters. The van der Waals surface area contributed by atoms with Crippen LogP contribution in [0.25, 0.3) is 0 Å². The molecule has 4 heterocycles. The number of nitrogens with zero attached hydrogens (tertiary/aromatic N) is 12. The molecule has 0 amide bonds. The topological polar surface area (TPSA) is 57.3 Å². The van der Waals surface area contributed by atoms with Crippen LogP contribution in [-0.4, -0.2) is 339 Å². The third-order valence-corrected chi connectivity index (χ3v) is 32.6. The Labute approximate surface area is 892 Å². The highest BCUT2D eigenvalue weighted by molar-refractivity contribution is 7.99. The SMILES string of the molecule is CN(C)CCCN(C)CCCSCc1ccccc1.CN(C)CCCN(CCCSCc1ccccc1)Cc1ccccc1.CN(CCCSCc1ccccc1)CCCN1CCCC1.CN(CCCSCc1ccccc1)CCCN1CCOCC1.c1ccc(CSCCCN(CCCN2CCCC2)Cc2ccccc2)cc1.c1ccc(CSCCCN(CCCN2CCOCC2)Cc2ccccc2)cc1. The Morgan fingerprint density at radius 2 is 0.373 bits per heavy atom. The normalized spacial score (nSPS) is 14.2. The van der Waals surface area contributed by atoms with Gasteiger partial charge in [-0.2, -0.15) is 70.6 Å². The first-order chi connectivity index (χ1) is 69.9. The van der Waals surface area contributed by atoms with E-state index in [0.29, 0.717) is 0 Å². The highest BCUT2D eigenvalue weighted by atomic mass is 32.2. The van der Waals surface area contributed by atoms with Crippen molar-refractivity contribution >= 4 is 70.6 Å². The number of thioether (sulfide) groups is 6. The van der Waals surface area contributed by atoms with Gasteiger partial charge in [-0.15, -0.1) is 0 Å². The standard InChI is InChI=1S/C24H34N2OS.C24H34N2S.C22H32N2S.C18H30N2OS.C18H30N2S.C16H28N2S/c1-3-9-23(10-4-1)21-26(14-7-13-25-16-18-27-19-17-25)15-8-20-28-22-24-11-5-2-6-12-24;1-3-11-23(12-4-1)21-26(18-9-17-25-15-7-8-16-25)19-10-20-27-22-24-13-5-2-6-14-24;1-23(2)15-9-16-24(19-21-11-5-3-6-12-21)17-10-18-25-20-22-13-7-4-8-14-22;1-19(9-5-11-20-12-14-21-15-13-20)10-6-16-22-17-18-7-3-2-4-8-18;1-19(11-7-15-20-13-5-6-14-20)12-8-16-21-17-18-9-3-2-4-10-18;1-17(2)11-7-12-18(3)13-8-14-19-15-16-9-5-4-6-10-16/h1-6,9-12H,7-8,13-22H2;1-6,11-14H,7-10,15-22H2;3-8,11-14H,9-10,15-20H2,1-2H3;2-4,7-8H,5-6,9-17H2,1H3;2-4,9-10H,5-8,11-17H2,1H3;4-6,9-10H,7-8,11-15H2,1-3H3. The van der Waals surface area contributed by atoms with Gasteiger partial charge in [-0.1, -0.05) is 273 Å². The fourth-order valence-corrected chi connectivity index (χ4v) is 23.3. The van der Waals surface area contributed by atoms with Gasteiger partial charge in [0, 0.05) is 80.3 Å². The minimum Gasteiger partial charge on any atom is -0.379 e. The van der Waals surface area contributed by atoms with Crippen molar-refractivity contribution in [3.05, 3.63) is 323 Å². The van der Waals surface area contributed by atoms with Crippen LogP contribution in [0, 0.1) is 0 Å². The van der Waals surface area contributed by atoms with E-state index in [-0.39, 0.29) is 0 Å². The van der Waals surface area contributed by atoms with Gasteiger partial charge in [0.25, 0.3) is 0 Å². The zero-order chi connectivity index (χ0) is 99.7. The number of hydrogen-bond acceptors (Lipinski definition) is 20. The number of likely N-dealkylation sites (tertiary alicyclic amines) is 2. The van der Waals surface area contributed by atoms with E-state index in [2.05, 4.69) is 416 Å². The minimum atomic E-state index is 0.895. The summed E-state index contributed by atoms with van der Waals surface area (Å²) >= 11 is 12.3. The lowest BCUT2D eigenvalue weighted by Gasteiger charge is -2.28. The van der Waals surface area contributed by atoms with Crippen LogP contribution < -0.4 is 0 Å². The molecule has 0 bridgehead atoms. The molecule has 4 aliphatic rings. The molecule has 9 aromatic rings. The number of benzene rings is 9. The fraction of sp³-hybridized carbons (Fsp3) is 0.557. The van der Waals surface area contributed by atoms with Crippen LogP contribution in [0.4, 0.5) is 0 Å². The summed E-state index contributed by atoms with van der Waals surface area (Å²) in [6.45, 7) is 38.3. The zero-order valence-corrected chi connectivity index (χ0v) is 94.1.